The lowest BCUT2D eigenvalue weighted by atomic mass is 10.4. The van der Waals surface area contributed by atoms with Crippen LogP contribution in [0.15, 0.2) is 6.33 Å². The molecule has 7 nitrogen and oxygen atoms in total. The van der Waals surface area contributed by atoms with Crippen molar-refractivity contribution in [1.29, 1.82) is 0 Å². The van der Waals surface area contributed by atoms with E-state index in [4.69, 9.17) is 16.3 Å². The summed E-state index contributed by atoms with van der Waals surface area (Å²) >= 11 is 5.89. The molecule has 3 N–H and O–H groups in total. The zero-order valence-electron chi connectivity index (χ0n) is 10.4. The van der Waals surface area contributed by atoms with Crippen LogP contribution in [0.5, 0.6) is 0 Å². The molecule has 1 saturated heterocycles. The van der Waals surface area contributed by atoms with Gasteiger partial charge in [-0.25, -0.2) is 4.98 Å². The van der Waals surface area contributed by atoms with Gasteiger partial charge < -0.3 is 10.1 Å². The third kappa shape index (κ3) is 2.94. The number of H-pyrrole nitrogens is 2. The average Bonchev–Trinajstić information content (AvgIpc) is 2.88. The van der Waals surface area contributed by atoms with Gasteiger partial charge in [-0.2, -0.15) is 4.98 Å². The summed E-state index contributed by atoms with van der Waals surface area (Å²) in [6.07, 6.45) is 1.71. The molecule has 1 aliphatic heterocycles. The first kappa shape index (κ1) is 12.6. The van der Waals surface area contributed by atoms with Crippen molar-refractivity contribution >= 4 is 28.6 Å². The minimum Gasteiger partial charge on any atom is -0.379 e. The summed E-state index contributed by atoms with van der Waals surface area (Å²) in [4.78, 5) is 16.7. The topological polar surface area (TPSA) is 80.2 Å². The molecule has 8 heteroatoms. The number of anilines is 1. The molecule has 3 heterocycles. The molecule has 3 rings (SSSR count). The van der Waals surface area contributed by atoms with Crippen LogP contribution in [0.25, 0.3) is 11.2 Å². The third-order valence-electron chi connectivity index (χ3n) is 3.13. The molecule has 2 aromatic rings. The fourth-order valence-electron chi connectivity index (χ4n) is 2.14. The Morgan fingerprint density at radius 1 is 1.42 bits per heavy atom. The Morgan fingerprint density at radius 3 is 3.11 bits per heavy atom. The van der Waals surface area contributed by atoms with Crippen LogP contribution in [0.4, 0.5) is 5.82 Å². The summed E-state index contributed by atoms with van der Waals surface area (Å²) in [5, 5.41) is 3.53. The highest BCUT2D eigenvalue weighted by molar-refractivity contribution is 6.28. The Bertz CT molecular complexity index is 553. The van der Waals surface area contributed by atoms with E-state index in [1.54, 1.807) is 6.33 Å². The van der Waals surface area contributed by atoms with E-state index in [2.05, 4.69) is 30.2 Å². The van der Waals surface area contributed by atoms with Crippen LogP contribution in [0, 0.1) is 0 Å². The second-order valence-electron chi connectivity index (χ2n) is 4.38. The number of imidazole rings is 1. The molecule has 102 valence electrons. The van der Waals surface area contributed by atoms with Gasteiger partial charge in [0, 0.05) is 26.2 Å². The summed E-state index contributed by atoms with van der Waals surface area (Å²) in [6, 6.07) is 0. The molecule has 0 amide bonds. The standard InChI is InChI=1S/C11H15ClN6O/c12-11-16-9(8-10(17-11)15-7-14-8)13-1-2-18-3-5-19-6-4-18/h7H,1-6H2,(H2,13,14,15,16,17)/p+1. The quantitative estimate of drug-likeness (QED) is 0.782. The fraction of sp³-hybridized carbons (Fsp3) is 0.545. The SMILES string of the molecule is Clc1nc(NCCN2CCOCC2)c2[nH]c[nH+]c2n1. The van der Waals surface area contributed by atoms with Crippen LogP contribution in [0.2, 0.25) is 5.28 Å². The number of fused-ring (bicyclic) bond motifs is 1. The number of ether oxygens (including phenoxy) is 1. The number of hydrogen-bond donors (Lipinski definition) is 2. The van der Waals surface area contributed by atoms with Gasteiger partial charge in [-0.05, 0) is 11.6 Å². The first-order valence-corrected chi connectivity index (χ1v) is 6.67. The fourth-order valence-corrected chi connectivity index (χ4v) is 2.31. The Balaban J connectivity index is 1.63. The summed E-state index contributed by atoms with van der Waals surface area (Å²) in [5.41, 5.74) is 1.54. The molecule has 0 unspecified atom stereocenters. The predicted octanol–water partition coefficient (Wildman–Crippen LogP) is 0.170. The highest BCUT2D eigenvalue weighted by Gasteiger charge is 2.15. The number of aromatic nitrogens is 4. The van der Waals surface area contributed by atoms with Gasteiger partial charge in [0.1, 0.15) is 0 Å². The lowest BCUT2D eigenvalue weighted by Crippen LogP contribution is -2.39. The molecule has 2 aromatic heterocycles. The number of morpholine rings is 1. The van der Waals surface area contributed by atoms with Crippen molar-refractivity contribution in [2.75, 3.05) is 44.7 Å². The van der Waals surface area contributed by atoms with Crippen LogP contribution in [-0.4, -0.2) is 59.2 Å². The summed E-state index contributed by atoms with van der Waals surface area (Å²) in [7, 11) is 0. The Morgan fingerprint density at radius 2 is 2.26 bits per heavy atom. The van der Waals surface area contributed by atoms with Gasteiger partial charge in [0.2, 0.25) is 5.52 Å². The highest BCUT2D eigenvalue weighted by Crippen LogP contribution is 2.16. The largest absolute Gasteiger partial charge is 0.379 e. The van der Waals surface area contributed by atoms with E-state index in [9.17, 15) is 0 Å². The van der Waals surface area contributed by atoms with Crippen molar-refractivity contribution in [1.82, 2.24) is 19.9 Å². The third-order valence-corrected chi connectivity index (χ3v) is 3.30. The second kappa shape index (κ2) is 5.68. The molecular weight excluding hydrogens is 268 g/mol. The Hall–Kier alpha value is -1.44. The second-order valence-corrected chi connectivity index (χ2v) is 4.72. The van der Waals surface area contributed by atoms with Crippen LogP contribution in [0.1, 0.15) is 0 Å². The lowest BCUT2D eigenvalue weighted by Gasteiger charge is -2.26. The minimum absolute atomic E-state index is 0.234. The van der Waals surface area contributed by atoms with E-state index >= 15 is 0 Å². The molecular formula is C11H16ClN6O+. The normalized spacial score (nSPS) is 16.9. The first-order valence-electron chi connectivity index (χ1n) is 6.29. The van der Waals surface area contributed by atoms with Crippen molar-refractivity contribution in [2.45, 2.75) is 0 Å². The van der Waals surface area contributed by atoms with Gasteiger partial charge in [-0.15, -0.1) is 0 Å². The Kier molecular flexibility index (Phi) is 3.77. The van der Waals surface area contributed by atoms with E-state index in [1.807, 2.05) is 0 Å². The zero-order chi connectivity index (χ0) is 13.1. The summed E-state index contributed by atoms with van der Waals surface area (Å²) < 4.78 is 5.32. The smallest absolute Gasteiger partial charge is 0.306 e. The predicted molar refractivity (Wildman–Crippen MR) is 71.2 cm³/mol. The molecule has 0 saturated carbocycles. The Labute approximate surface area is 115 Å². The van der Waals surface area contributed by atoms with Crippen molar-refractivity contribution in [3.63, 3.8) is 0 Å². The van der Waals surface area contributed by atoms with E-state index < -0.39 is 0 Å². The van der Waals surface area contributed by atoms with Gasteiger partial charge in [0.25, 0.3) is 0 Å². The van der Waals surface area contributed by atoms with Crippen molar-refractivity contribution < 1.29 is 9.72 Å². The minimum atomic E-state index is 0.234. The molecule has 0 aromatic carbocycles. The van der Waals surface area contributed by atoms with Crippen LogP contribution in [-0.2, 0) is 4.74 Å². The van der Waals surface area contributed by atoms with Gasteiger partial charge in [0.05, 0.1) is 13.2 Å². The van der Waals surface area contributed by atoms with E-state index in [0.29, 0.717) is 5.65 Å². The molecule has 1 aliphatic rings. The number of halogens is 1. The number of aromatic amines is 2. The average molecular weight is 284 g/mol. The van der Waals surface area contributed by atoms with Crippen LogP contribution < -0.4 is 10.3 Å². The van der Waals surface area contributed by atoms with E-state index in [-0.39, 0.29) is 5.28 Å². The van der Waals surface area contributed by atoms with Crippen molar-refractivity contribution in [3.05, 3.63) is 11.6 Å². The molecule has 0 spiro atoms. The van der Waals surface area contributed by atoms with Crippen molar-refractivity contribution in [3.8, 4) is 0 Å². The van der Waals surface area contributed by atoms with E-state index in [1.165, 1.54) is 0 Å². The maximum absolute atomic E-state index is 5.89. The van der Waals surface area contributed by atoms with Crippen molar-refractivity contribution in [2.24, 2.45) is 0 Å². The number of nitrogens with zero attached hydrogens (tertiary/aromatic N) is 3. The molecule has 19 heavy (non-hydrogen) atoms. The number of hydrogen-bond acceptors (Lipinski definition) is 5. The van der Waals surface area contributed by atoms with Gasteiger partial charge >= 0.3 is 10.9 Å². The van der Waals surface area contributed by atoms with Crippen LogP contribution in [0.3, 0.4) is 0 Å². The van der Waals surface area contributed by atoms with Gasteiger partial charge in [-0.3, -0.25) is 9.88 Å². The molecule has 0 radical (unpaired) electrons. The summed E-state index contributed by atoms with van der Waals surface area (Å²) in [6.45, 7) is 5.36. The molecule has 0 aliphatic carbocycles. The number of nitrogens with one attached hydrogen (secondary N) is 3. The maximum Gasteiger partial charge on any atom is 0.306 e. The monoisotopic (exact) mass is 283 g/mol. The maximum atomic E-state index is 5.89. The zero-order valence-corrected chi connectivity index (χ0v) is 11.2. The first-order chi connectivity index (χ1) is 9.33. The van der Waals surface area contributed by atoms with E-state index in [0.717, 1.165) is 50.7 Å². The molecule has 0 atom stereocenters. The van der Waals surface area contributed by atoms with Gasteiger partial charge in [-0.1, -0.05) is 4.98 Å². The van der Waals surface area contributed by atoms with Gasteiger partial charge in [0.15, 0.2) is 12.1 Å². The lowest BCUT2D eigenvalue weighted by molar-refractivity contribution is -0.347. The molecule has 1 fully saturated rings. The molecule has 0 bridgehead atoms. The summed E-state index contributed by atoms with van der Waals surface area (Å²) in [5.74, 6) is 0.726. The van der Waals surface area contributed by atoms with Crippen LogP contribution >= 0.6 is 11.6 Å². The number of rotatable bonds is 4. The highest BCUT2D eigenvalue weighted by atomic mass is 35.5.